The van der Waals surface area contributed by atoms with Crippen LogP contribution in [0.2, 0.25) is 0 Å². The summed E-state index contributed by atoms with van der Waals surface area (Å²) in [5.74, 6) is 1.77. The van der Waals surface area contributed by atoms with E-state index in [2.05, 4.69) is 20.2 Å². The number of carbonyl (C=O) groups excluding carboxylic acids is 1. The van der Waals surface area contributed by atoms with Gasteiger partial charge in [-0.25, -0.2) is 9.97 Å². The molecule has 1 unspecified atom stereocenters. The summed E-state index contributed by atoms with van der Waals surface area (Å²) in [6.07, 6.45) is 8.41. The first-order valence-corrected chi connectivity index (χ1v) is 7.42. The maximum atomic E-state index is 12.5. The molecule has 3 heterocycles. The fourth-order valence-electron chi connectivity index (χ4n) is 2.88. The molecule has 0 aromatic carbocycles. The number of carbonyl (C=O) groups is 1. The molecule has 1 saturated carbocycles. The van der Waals surface area contributed by atoms with Crippen LogP contribution in [0.15, 0.2) is 24.7 Å². The highest BCUT2D eigenvalue weighted by molar-refractivity contribution is 5.93. The zero-order valence-corrected chi connectivity index (χ0v) is 11.7. The van der Waals surface area contributed by atoms with E-state index in [1.54, 1.807) is 18.6 Å². The third-order valence-electron chi connectivity index (χ3n) is 4.30. The van der Waals surface area contributed by atoms with Crippen LogP contribution in [-0.2, 0) is 0 Å². The topological polar surface area (TPSA) is 74.8 Å². The number of H-pyrrole nitrogens is 1. The molecule has 0 radical (unpaired) electrons. The van der Waals surface area contributed by atoms with Crippen molar-refractivity contribution in [1.29, 1.82) is 0 Å². The third-order valence-corrected chi connectivity index (χ3v) is 4.30. The van der Waals surface area contributed by atoms with Gasteiger partial charge in [-0.1, -0.05) is 0 Å². The Balaban J connectivity index is 1.45. The number of aromatic nitrogens is 4. The van der Waals surface area contributed by atoms with Gasteiger partial charge in [-0.15, -0.1) is 0 Å². The van der Waals surface area contributed by atoms with Gasteiger partial charge < -0.3 is 4.90 Å². The van der Waals surface area contributed by atoms with Gasteiger partial charge in [-0.2, -0.15) is 5.10 Å². The normalized spacial score (nSPS) is 21.7. The molecule has 21 heavy (non-hydrogen) atoms. The molecular formula is C15H17N5O. The minimum atomic E-state index is 0.0272. The Morgan fingerprint density at radius 2 is 2.00 bits per heavy atom. The fraction of sp³-hybridized carbons (Fsp3) is 0.467. The minimum absolute atomic E-state index is 0.0272. The Morgan fingerprint density at radius 1 is 1.19 bits per heavy atom. The molecule has 4 rings (SSSR count). The molecule has 6 heteroatoms. The molecule has 1 aliphatic heterocycles. The number of likely N-dealkylation sites (tertiary alicyclic amines) is 1. The highest BCUT2D eigenvalue weighted by Crippen LogP contribution is 2.37. The summed E-state index contributed by atoms with van der Waals surface area (Å²) in [6, 6.07) is 1.98. The number of rotatable bonds is 3. The van der Waals surface area contributed by atoms with Gasteiger partial charge >= 0.3 is 0 Å². The van der Waals surface area contributed by atoms with Crippen LogP contribution in [-0.4, -0.2) is 44.1 Å². The van der Waals surface area contributed by atoms with Crippen LogP contribution in [0.5, 0.6) is 0 Å². The van der Waals surface area contributed by atoms with Crippen LogP contribution in [0, 0.1) is 0 Å². The summed E-state index contributed by atoms with van der Waals surface area (Å²) in [6.45, 7) is 1.50. The van der Waals surface area contributed by atoms with Crippen molar-refractivity contribution >= 4 is 5.91 Å². The van der Waals surface area contributed by atoms with E-state index in [1.165, 1.54) is 12.8 Å². The maximum Gasteiger partial charge on any atom is 0.257 e. The molecule has 6 nitrogen and oxygen atoms in total. The quantitative estimate of drug-likeness (QED) is 0.930. The first-order valence-electron chi connectivity index (χ1n) is 7.42. The van der Waals surface area contributed by atoms with Crippen molar-refractivity contribution in [2.24, 2.45) is 0 Å². The molecule has 1 aliphatic carbocycles. The van der Waals surface area contributed by atoms with Crippen molar-refractivity contribution in [1.82, 2.24) is 25.1 Å². The number of hydrogen-bond donors (Lipinski definition) is 1. The van der Waals surface area contributed by atoms with E-state index >= 15 is 0 Å². The molecule has 2 fully saturated rings. The monoisotopic (exact) mass is 283 g/mol. The number of hydrogen-bond acceptors (Lipinski definition) is 4. The molecule has 0 bridgehead atoms. The summed E-state index contributed by atoms with van der Waals surface area (Å²) in [5.41, 5.74) is 1.69. The Bertz CT molecular complexity index is 633. The predicted molar refractivity (Wildman–Crippen MR) is 75.9 cm³/mol. The highest BCUT2D eigenvalue weighted by Gasteiger charge is 2.30. The van der Waals surface area contributed by atoms with Crippen molar-refractivity contribution < 1.29 is 4.79 Å². The average molecular weight is 283 g/mol. The highest BCUT2D eigenvalue weighted by atomic mass is 16.2. The molecule has 1 saturated heterocycles. The zero-order valence-electron chi connectivity index (χ0n) is 11.7. The Morgan fingerprint density at radius 3 is 2.67 bits per heavy atom. The van der Waals surface area contributed by atoms with Crippen LogP contribution >= 0.6 is 0 Å². The van der Waals surface area contributed by atoms with E-state index in [0.717, 1.165) is 31.0 Å². The van der Waals surface area contributed by atoms with Crippen molar-refractivity contribution in [2.45, 2.75) is 31.1 Å². The molecule has 1 atom stereocenters. The van der Waals surface area contributed by atoms with Crippen molar-refractivity contribution in [2.75, 3.05) is 13.1 Å². The van der Waals surface area contributed by atoms with Gasteiger partial charge in [0.05, 0.1) is 5.56 Å². The predicted octanol–water partition coefficient (Wildman–Crippen LogP) is 1.71. The molecule has 2 aliphatic rings. The van der Waals surface area contributed by atoms with Gasteiger partial charge in [-0.3, -0.25) is 9.89 Å². The largest absolute Gasteiger partial charge is 0.338 e. The first-order chi connectivity index (χ1) is 10.3. The lowest BCUT2D eigenvalue weighted by Crippen LogP contribution is -2.28. The summed E-state index contributed by atoms with van der Waals surface area (Å²) in [4.78, 5) is 23.0. The van der Waals surface area contributed by atoms with Crippen LogP contribution in [0.4, 0.5) is 0 Å². The smallest absolute Gasteiger partial charge is 0.257 e. The standard InChI is InChI=1S/C15H17N5O/c21-15(12-7-16-14(17-8-12)10-1-2-10)20-6-4-11(9-20)13-3-5-18-19-13/h3,5,7-8,10-11H,1-2,4,6,9H2,(H,18,19). The number of nitrogens with one attached hydrogen (secondary N) is 1. The summed E-state index contributed by atoms with van der Waals surface area (Å²) in [7, 11) is 0. The van der Waals surface area contributed by atoms with Crippen molar-refractivity contribution in [3.8, 4) is 0 Å². The first kappa shape index (κ1) is 12.5. The molecule has 0 spiro atoms. The second-order valence-corrected chi connectivity index (χ2v) is 5.85. The van der Waals surface area contributed by atoms with E-state index < -0.39 is 0 Å². The number of amides is 1. The van der Waals surface area contributed by atoms with Crippen molar-refractivity contribution in [3.05, 3.63) is 41.7 Å². The van der Waals surface area contributed by atoms with Crippen molar-refractivity contribution in [3.63, 3.8) is 0 Å². The van der Waals surface area contributed by atoms with Crippen LogP contribution in [0.25, 0.3) is 0 Å². The lowest BCUT2D eigenvalue weighted by molar-refractivity contribution is 0.0789. The van der Waals surface area contributed by atoms with E-state index in [1.807, 2.05) is 11.0 Å². The maximum absolute atomic E-state index is 12.5. The Labute approximate surface area is 122 Å². The van der Waals surface area contributed by atoms with E-state index in [-0.39, 0.29) is 5.91 Å². The lowest BCUT2D eigenvalue weighted by atomic mass is 10.1. The minimum Gasteiger partial charge on any atom is -0.338 e. The van der Waals surface area contributed by atoms with E-state index in [9.17, 15) is 4.79 Å². The number of nitrogens with zero attached hydrogens (tertiary/aromatic N) is 4. The lowest BCUT2D eigenvalue weighted by Gasteiger charge is -2.16. The fourth-order valence-corrected chi connectivity index (χ4v) is 2.88. The molecule has 108 valence electrons. The van der Waals surface area contributed by atoms with Gasteiger partial charge in [0.2, 0.25) is 0 Å². The van der Waals surface area contributed by atoms with Crippen LogP contribution < -0.4 is 0 Å². The third kappa shape index (κ3) is 2.41. The summed E-state index contributed by atoms with van der Waals surface area (Å²) in [5, 5.41) is 6.97. The summed E-state index contributed by atoms with van der Waals surface area (Å²) < 4.78 is 0. The van der Waals surface area contributed by atoms with E-state index in [4.69, 9.17) is 0 Å². The molecule has 2 aromatic heterocycles. The molecular weight excluding hydrogens is 266 g/mol. The average Bonchev–Trinajstić information content (AvgIpc) is 3.03. The molecule has 2 aromatic rings. The second-order valence-electron chi connectivity index (χ2n) is 5.85. The van der Waals surface area contributed by atoms with Gasteiger partial charge in [0, 0.05) is 49.2 Å². The van der Waals surface area contributed by atoms with Gasteiger partial charge in [0.1, 0.15) is 5.82 Å². The summed E-state index contributed by atoms with van der Waals surface area (Å²) >= 11 is 0. The van der Waals surface area contributed by atoms with Gasteiger partial charge in [-0.05, 0) is 25.3 Å². The molecule has 1 N–H and O–H groups in total. The van der Waals surface area contributed by atoms with Gasteiger partial charge in [0.25, 0.3) is 5.91 Å². The molecule has 1 amide bonds. The van der Waals surface area contributed by atoms with Crippen LogP contribution in [0.3, 0.4) is 0 Å². The second kappa shape index (κ2) is 4.95. The zero-order chi connectivity index (χ0) is 14.2. The Hall–Kier alpha value is -2.24. The van der Waals surface area contributed by atoms with E-state index in [0.29, 0.717) is 17.4 Å². The van der Waals surface area contributed by atoms with Gasteiger partial charge in [0.15, 0.2) is 0 Å². The Kier molecular flexibility index (Phi) is 2.94. The number of aromatic amines is 1. The SMILES string of the molecule is O=C(c1cnc(C2CC2)nc1)N1CCC(c2ccn[nH]2)C1. The van der Waals surface area contributed by atoms with Crippen LogP contribution in [0.1, 0.15) is 53.0 Å².